The molecule has 2 aromatic carbocycles. The van der Waals surface area contributed by atoms with E-state index in [0.29, 0.717) is 34.6 Å². The van der Waals surface area contributed by atoms with Gasteiger partial charge in [0.2, 0.25) is 0 Å². The van der Waals surface area contributed by atoms with Gasteiger partial charge < -0.3 is 23.9 Å². The highest BCUT2D eigenvalue weighted by molar-refractivity contribution is 6.09. The van der Waals surface area contributed by atoms with E-state index in [-0.39, 0.29) is 13.2 Å². The number of benzene rings is 2. The number of furan rings is 1. The summed E-state index contributed by atoms with van der Waals surface area (Å²) in [5.74, 6) is 0.646. The number of likely N-dealkylation sites (tertiary alicyclic amines) is 1. The van der Waals surface area contributed by atoms with Crippen LogP contribution in [0.3, 0.4) is 0 Å². The molecular weight excluding hydrogens is 382 g/mol. The summed E-state index contributed by atoms with van der Waals surface area (Å²) in [4.78, 5) is 14.1. The first-order valence-corrected chi connectivity index (χ1v) is 10.6. The monoisotopic (exact) mass is 410 g/mol. The van der Waals surface area contributed by atoms with Gasteiger partial charge in [-0.3, -0.25) is 0 Å². The van der Waals surface area contributed by atoms with Crippen molar-refractivity contribution in [2.45, 2.75) is 25.9 Å². The molecule has 1 fully saturated rings. The van der Waals surface area contributed by atoms with Gasteiger partial charge in [-0.25, -0.2) is 4.79 Å². The minimum absolute atomic E-state index is 0.215. The molecule has 0 radical (unpaired) electrons. The molecule has 2 heterocycles. The molecule has 0 amide bonds. The molecule has 6 heteroatoms. The molecule has 1 atom stereocenters. The Morgan fingerprint density at radius 1 is 1.17 bits per heavy atom. The Kier molecular flexibility index (Phi) is 6.35. The van der Waals surface area contributed by atoms with Crippen molar-refractivity contribution < 1.29 is 28.7 Å². The molecule has 1 aliphatic heterocycles. The molecule has 30 heavy (non-hydrogen) atoms. The third-order valence-electron chi connectivity index (χ3n) is 5.45. The summed E-state index contributed by atoms with van der Waals surface area (Å²) in [6.07, 6.45) is 1.92. The topological polar surface area (TPSA) is 73.3 Å². The van der Waals surface area contributed by atoms with E-state index >= 15 is 0 Å². The maximum atomic E-state index is 12.7. The maximum Gasteiger partial charge on any atom is 0.342 e. The molecule has 0 bridgehead atoms. The SMILES string of the molecule is CCOC(=O)c1c(-c2ccccc2)oc2ccc(OC[C@@H](O)C[NH+]3CCCC3)cc12. The van der Waals surface area contributed by atoms with E-state index in [1.165, 1.54) is 17.7 Å². The molecule has 3 aromatic rings. The zero-order valence-electron chi connectivity index (χ0n) is 17.2. The third-order valence-corrected chi connectivity index (χ3v) is 5.45. The Balaban J connectivity index is 1.59. The van der Waals surface area contributed by atoms with Crippen LogP contribution in [0.1, 0.15) is 30.1 Å². The van der Waals surface area contributed by atoms with Crippen LogP contribution >= 0.6 is 0 Å². The summed E-state index contributed by atoms with van der Waals surface area (Å²) >= 11 is 0. The van der Waals surface area contributed by atoms with Crippen LogP contribution in [0.15, 0.2) is 52.9 Å². The van der Waals surface area contributed by atoms with Gasteiger partial charge in [0.15, 0.2) is 0 Å². The first-order valence-electron chi connectivity index (χ1n) is 10.6. The normalized spacial score (nSPS) is 15.4. The number of aliphatic hydroxyl groups excluding tert-OH is 1. The number of hydrogen-bond donors (Lipinski definition) is 2. The highest BCUT2D eigenvalue weighted by Crippen LogP contribution is 2.36. The Morgan fingerprint density at radius 2 is 1.93 bits per heavy atom. The molecular formula is C24H28NO5+. The van der Waals surface area contributed by atoms with Crippen LogP contribution in [0.25, 0.3) is 22.3 Å². The second kappa shape index (κ2) is 9.32. The van der Waals surface area contributed by atoms with Gasteiger partial charge in [0.25, 0.3) is 0 Å². The molecule has 158 valence electrons. The number of hydrogen-bond acceptors (Lipinski definition) is 5. The minimum Gasteiger partial charge on any atom is -0.491 e. The number of nitrogens with one attached hydrogen (secondary N) is 1. The molecule has 1 saturated heterocycles. The van der Waals surface area contributed by atoms with Gasteiger partial charge in [-0.15, -0.1) is 0 Å². The smallest absolute Gasteiger partial charge is 0.342 e. The highest BCUT2D eigenvalue weighted by atomic mass is 16.5. The van der Waals surface area contributed by atoms with Crippen molar-refractivity contribution in [3.8, 4) is 17.1 Å². The zero-order valence-corrected chi connectivity index (χ0v) is 17.2. The predicted molar refractivity (Wildman–Crippen MR) is 114 cm³/mol. The fourth-order valence-corrected chi connectivity index (χ4v) is 4.03. The zero-order chi connectivity index (χ0) is 20.9. The van der Waals surface area contributed by atoms with Gasteiger partial charge in [0.05, 0.1) is 19.7 Å². The minimum atomic E-state index is -0.525. The summed E-state index contributed by atoms with van der Waals surface area (Å²) in [6, 6.07) is 14.9. The molecule has 0 spiro atoms. The number of esters is 1. The van der Waals surface area contributed by atoms with E-state index in [9.17, 15) is 9.90 Å². The third kappa shape index (κ3) is 4.50. The summed E-state index contributed by atoms with van der Waals surface area (Å²) in [5, 5.41) is 11.0. The van der Waals surface area contributed by atoms with Gasteiger partial charge in [0, 0.05) is 23.8 Å². The second-order valence-electron chi connectivity index (χ2n) is 7.68. The predicted octanol–water partition coefficient (Wildman–Crippen LogP) is 2.69. The lowest BCUT2D eigenvalue weighted by Gasteiger charge is -2.17. The van der Waals surface area contributed by atoms with Crippen molar-refractivity contribution in [3.63, 3.8) is 0 Å². The summed E-state index contributed by atoms with van der Waals surface area (Å²) in [7, 11) is 0. The number of quaternary nitrogens is 1. The molecule has 4 rings (SSSR count). The number of rotatable bonds is 8. The van der Waals surface area contributed by atoms with Gasteiger partial charge in [0.1, 0.15) is 41.9 Å². The Morgan fingerprint density at radius 3 is 2.67 bits per heavy atom. The number of aliphatic hydroxyl groups is 1. The lowest BCUT2D eigenvalue weighted by Crippen LogP contribution is -3.11. The maximum absolute atomic E-state index is 12.7. The van der Waals surface area contributed by atoms with Gasteiger partial charge >= 0.3 is 5.97 Å². The standard InChI is InChI=1S/C24H27NO5/c1-2-28-24(27)22-20-14-19(29-16-18(26)15-25-12-6-7-13-25)10-11-21(20)30-23(22)17-8-4-3-5-9-17/h3-5,8-11,14,18,26H,2,6-7,12-13,15-16H2,1H3/p+1/t18-/m0/s1. The van der Waals surface area contributed by atoms with Crippen LogP contribution in [0.4, 0.5) is 0 Å². The molecule has 1 aliphatic rings. The molecule has 6 nitrogen and oxygen atoms in total. The van der Waals surface area contributed by atoms with Crippen molar-refractivity contribution in [3.05, 3.63) is 54.1 Å². The van der Waals surface area contributed by atoms with Crippen molar-refractivity contribution >= 4 is 16.9 Å². The van der Waals surface area contributed by atoms with E-state index < -0.39 is 12.1 Å². The Labute approximate surface area is 176 Å². The van der Waals surface area contributed by atoms with Crippen molar-refractivity contribution in [1.29, 1.82) is 0 Å². The Hall–Kier alpha value is -2.83. The summed E-state index contributed by atoms with van der Waals surface area (Å²) < 4.78 is 17.1. The van der Waals surface area contributed by atoms with E-state index in [2.05, 4.69) is 0 Å². The lowest BCUT2D eigenvalue weighted by atomic mass is 10.1. The van der Waals surface area contributed by atoms with E-state index in [4.69, 9.17) is 13.9 Å². The summed E-state index contributed by atoms with van der Waals surface area (Å²) in [6.45, 7) is 5.20. The average molecular weight is 410 g/mol. The molecule has 0 aliphatic carbocycles. The molecule has 0 saturated carbocycles. The van der Waals surface area contributed by atoms with E-state index in [1.54, 1.807) is 25.1 Å². The highest BCUT2D eigenvalue weighted by Gasteiger charge is 2.24. The van der Waals surface area contributed by atoms with Crippen LogP contribution in [-0.2, 0) is 4.74 Å². The van der Waals surface area contributed by atoms with Gasteiger partial charge in [-0.2, -0.15) is 0 Å². The fourth-order valence-electron chi connectivity index (χ4n) is 4.03. The molecule has 2 N–H and O–H groups in total. The first-order chi connectivity index (χ1) is 14.7. The van der Waals surface area contributed by atoms with E-state index in [1.807, 2.05) is 30.3 Å². The molecule has 0 unspecified atom stereocenters. The number of fused-ring (bicyclic) bond motifs is 1. The number of ether oxygens (including phenoxy) is 2. The van der Waals surface area contributed by atoms with Crippen molar-refractivity contribution in [2.75, 3.05) is 32.8 Å². The summed E-state index contributed by atoms with van der Waals surface area (Å²) in [5.41, 5.74) is 1.79. The van der Waals surface area contributed by atoms with Crippen LogP contribution in [0, 0.1) is 0 Å². The van der Waals surface area contributed by atoms with Gasteiger partial charge in [-0.1, -0.05) is 30.3 Å². The van der Waals surface area contributed by atoms with Crippen LogP contribution in [0.5, 0.6) is 5.75 Å². The molecule has 1 aromatic heterocycles. The van der Waals surface area contributed by atoms with Gasteiger partial charge in [-0.05, 0) is 25.1 Å². The largest absolute Gasteiger partial charge is 0.491 e. The Bertz CT molecular complexity index is 992. The van der Waals surface area contributed by atoms with E-state index in [0.717, 1.165) is 18.7 Å². The fraction of sp³-hybridized carbons (Fsp3) is 0.375. The van der Waals surface area contributed by atoms with Crippen molar-refractivity contribution in [2.24, 2.45) is 0 Å². The number of carbonyl (C=O) groups is 1. The van der Waals surface area contributed by atoms with Crippen LogP contribution in [0.2, 0.25) is 0 Å². The first kappa shape index (κ1) is 20.4. The van der Waals surface area contributed by atoms with Crippen LogP contribution in [-0.4, -0.2) is 50.0 Å². The second-order valence-corrected chi connectivity index (χ2v) is 7.68. The average Bonchev–Trinajstić information content (AvgIpc) is 3.40. The lowest BCUT2D eigenvalue weighted by molar-refractivity contribution is -0.890. The van der Waals surface area contributed by atoms with Crippen LogP contribution < -0.4 is 9.64 Å². The van der Waals surface area contributed by atoms with Crippen molar-refractivity contribution in [1.82, 2.24) is 0 Å². The quantitative estimate of drug-likeness (QED) is 0.559. The number of carbonyl (C=O) groups excluding carboxylic acids is 1.